The Balaban J connectivity index is 2.17. The average Bonchev–Trinajstić information content (AvgIpc) is 2.80. The van der Waals surface area contributed by atoms with Crippen LogP contribution in [0.25, 0.3) is 5.69 Å². The Kier molecular flexibility index (Phi) is 2.77. The molecule has 0 aliphatic carbocycles. The highest BCUT2D eigenvalue weighted by Crippen LogP contribution is 2.15. The molecule has 1 amide bonds. The first kappa shape index (κ1) is 10.1. The van der Waals surface area contributed by atoms with Crippen molar-refractivity contribution in [1.29, 1.82) is 0 Å². The lowest BCUT2D eigenvalue weighted by Crippen LogP contribution is -2.20. The summed E-state index contributed by atoms with van der Waals surface area (Å²) in [6.45, 7) is -0.154. The van der Waals surface area contributed by atoms with Gasteiger partial charge < -0.3 is 10.5 Å². The first-order valence-corrected chi connectivity index (χ1v) is 4.50. The zero-order valence-corrected chi connectivity index (χ0v) is 8.28. The molecule has 1 heterocycles. The number of hydrogen-bond donors (Lipinski definition) is 1. The first-order chi connectivity index (χ1) is 7.75. The van der Waals surface area contributed by atoms with Crippen molar-refractivity contribution in [3.63, 3.8) is 0 Å². The minimum Gasteiger partial charge on any atom is -0.484 e. The fraction of sp³-hybridized carbons (Fsp3) is 0.111. The van der Waals surface area contributed by atoms with Crippen molar-refractivity contribution in [1.82, 2.24) is 20.2 Å². The predicted molar refractivity (Wildman–Crippen MR) is 53.8 cm³/mol. The molecular formula is C9H9N5O2. The number of aromatic nitrogens is 4. The highest BCUT2D eigenvalue weighted by molar-refractivity contribution is 5.75. The second-order valence-corrected chi connectivity index (χ2v) is 3.01. The molecule has 16 heavy (non-hydrogen) atoms. The number of carbonyl (C=O) groups is 1. The summed E-state index contributed by atoms with van der Waals surface area (Å²) in [4.78, 5) is 10.5. The van der Waals surface area contributed by atoms with Crippen LogP contribution in [0.3, 0.4) is 0 Å². The maximum atomic E-state index is 10.5. The van der Waals surface area contributed by atoms with E-state index in [1.54, 1.807) is 18.2 Å². The normalized spacial score (nSPS) is 10.0. The van der Waals surface area contributed by atoms with Gasteiger partial charge >= 0.3 is 0 Å². The molecule has 2 aromatic rings. The van der Waals surface area contributed by atoms with E-state index < -0.39 is 5.91 Å². The number of nitrogens with zero attached hydrogens (tertiary/aromatic N) is 4. The zero-order chi connectivity index (χ0) is 11.4. The van der Waals surface area contributed by atoms with Crippen LogP contribution in [-0.2, 0) is 4.79 Å². The number of tetrazole rings is 1. The van der Waals surface area contributed by atoms with Crippen molar-refractivity contribution < 1.29 is 9.53 Å². The Morgan fingerprint density at radius 2 is 2.38 bits per heavy atom. The molecule has 2 rings (SSSR count). The van der Waals surface area contributed by atoms with Gasteiger partial charge in [0.1, 0.15) is 12.1 Å². The van der Waals surface area contributed by atoms with Crippen molar-refractivity contribution in [2.45, 2.75) is 0 Å². The number of primary amides is 1. The Morgan fingerprint density at radius 3 is 3.06 bits per heavy atom. The number of nitrogens with two attached hydrogens (primary N) is 1. The van der Waals surface area contributed by atoms with Gasteiger partial charge in [-0.05, 0) is 22.6 Å². The Labute approximate surface area is 90.8 Å². The maximum Gasteiger partial charge on any atom is 0.255 e. The molecule has 0 spiro atoms. The van der Waals surface area contributed by atoms with Crippen molar-refractivity contribution in [2.75, 3.05) is 6.61 Å². The lowest BCUT2D eigenvalue weighted by atomic mass is 10.3. The van der Waals surface area contributed by atoms with E-state index in [1.807, 2.05) is 6.07 Å². The van der Waals surface area contributed by atoms with Gasteiger partial charge in [0.15, 0.2) is 6.61 Å². The van der Waals surface area contributed by atoms with Crippen LogP contribution in [0.1, 0.15) is 0 Å². The summed E-state index contributed by atoms with van der Waals surface area (Å²) < 4.78 is 6.63. The topological polar surface area (TPSA) is 95.9 Å². The van der Waals surface area contributed by atoms with E-state index in [-0.39, 0.29) is 6.61 Å². The van der Waals surface area contributed by atoms with E-state index in [0.29, 0.717) is 5.75 Å². The van der Waals surface area contributed by atoms with Gasteiger partial charge in [0, 0.05) is 6.07 Å². The molecule has 0 aliphatic heterocycles. The summed E-state index contributed by atoms with van der Waals surface area (Å²) in [5, 5.41) is 10.8. The van der Waals surface area contributed by atoms with Gasteiger partial charge in [-0.25, -0.2) is 4.68 Å². The van der Waals surface area contributed by atoms with Crippen LogP contribution >= 0.6 is 0 Å². The molecular weight excluding hydrogens is 210 g/mol. The molecule has 0 atom stereocenters. The Bertz CT molecular complexity index is 482. The molecule has 0 bridgehead atoms. The second-order valence-electron chi connectivity index (χ2n) is 3.01. The number of benzene rings is 1. The van der Waals surface area contributed by atoms with Gasteiger partial charge in [-0.1, -0.05) is 6.07 Å². The van der Waals surface area contributed by atoms with Crippen LogP contribution < -0.4 is 10.5 Å². The summed E-state index contributed by atoms with van der Waals surface area (Å²) in [6, 6.07) is 7.01. The lowest BCUT2D eigenvalue weighted by Gasteiger charge is -2.05. The van der Waals surface area contributed by atoms with Gasteiger partial charge in [-0.2, -0.15) is 0 Å². The molecule has 82 valence electrons. The fourth-order valence-corrected chi connectivity index (χ4v) is 1.15. The van der Waals surface area contributed by atoms with Crippen LogP contribution in [0.2, 0.25) is 0 Å². The molecule has 7 heteroatoms. The Morgan fingerprint density at radius 1 is 1.50 bits per heavy atom. The summed E-state index contributed by atoms with van der Waals surface area (Å²) in [5.41, 5.74) is 5.71. The number of carbonyl (C=O) groups excluding carboxylic acids is 1. The molecule has 2 N–H and O–H groups in total. The lowest BCUT2D eigenvalue weighted by molar-refractivity contribution is -0.119. The number of hydrogen-bond acceptors (Lipinski definition) is 5. The molecule has 1 aromatic carbocycles. The zero-order valence-electron chi connectivity index (χ0n) is 8.28. The van der Waals surface area contributed by atoms with Gasteiger partial charge in [0.05, 0.1) is 5.69 Å². The van der Waals surface area contributed by atoms with Crippen LogP contribution in [0.5, 0.6) is 5.75 Å². The minimum atomic E-state index is -0.521. The van der Waals surface area contributed by atoms with Crippen molar-refractivity contribution in [2.24, 2.45) is 5.73 Å². The molecule has 0 saturated heterocycles. The summed E-state index contributed by atoms with van der Waals surface area (Å²) >= 11 is 0. The molecule has 0 saturated carbocycles. The number of ether oxygens (including phenoxy) is 1. The van der Waals surface area contributed by atoms with Crippen LogP contribution in [0, 0.1) is 0 Å². The molecule has 0 radical (unpaired) electrons. The molecule has 0 aliphatic rings. The maximum absolute atomic E-state index is 10.5. The average molecular weight is 219 g/mol. The SMILES string of the molecule is NC(=O)COc1cccc(-n2cnnn2)c1. The van der Waals surface area contributed by atoms with Crippen molar-refractivity contribution in [3.8, 4) is 11.4 Å². The first-order valence-electron chi connectivity index (χ1n) is 4.50. The van der Waals surface area contributed by atoms with Crippen LogP contribution in [0.15, 0.2) is 30.6 Å². The summed E-state index contributed by atoms with van der Waals surface area (Å²) in [5.74, 6) is 0.0135. The van der Waals surface area contributed by atoms with Gasteiger partial charge in [0.25, 0.3) is 5.91 Å². The third-order valence-corrected chi connectivity index (χ3v) is 1.81. The van der Waals surface area contributed by atoms with E-state index in [9.17, 15) is 4.79 Å². The van der Waals surface area contributed by atoms with Crippen molar-refractivity contribution >= 4 is 5.91 Å². The molecule has 0 unspecified atom stereocenters. The summed E-state index contributed by atoms with van der Waals surface area (Å²) in [7, 11) is 0. The molecule has 0 fully saturated rings. The van der Waals surface area contributed by atoms with Gasteiger partial charge in [0.2, 0.25) is 0 Å². The van der Waals surface area contributed by atoms with E-state index in [1.165, 1.54) is 11.0 Å². The largest absolute Gasteiger partial charge is 0.484 e. The van der Waals surface area contributed by atoms with Crippen LogP contribution in [0.4, 0.5) is 0 Å². The highest BCUT2D eigenvalue weighted by Gasteiger charge is 2.01. The summed E-state index contributed by atoms with van der Waals surface area (Å²) in [6.07, 6.45) is 1.47. The van der Waals surface area contributed by atoms with Gasteiger partial charge in [-0.15, -0.1) is 5.10 Å². The third kappa shape index (κ3) is 2.32. The van der Waals surface area contributed by atoms with Crippen LogP contribution in [-0.4, -0.2) is 32.7 Å². The van der Waals surface area contributed by atoms with Crippen molar-refractivity contribution in [3.05, 3.63) is 30.6 Å². The third-order valence-electron chi connectivity index (χ3n) is 1.81. The number of amides is 1. The second kappa shape index (κ2) is 4.39. The van der Waals surface area contributed by atoms with E-state index in [2.05, 4.69) is 15.5 Å². The van der Waals surface area contributed by atoms with E-state index in [0.717, 1.165) is 5.69 Å². The van der Waals surface area contributed by atoms with Gasteiger partial charge in [-0.3, -0.25) is 4.79 Å². The smallest absolute Gasteiger partial charge is 0.255 e. The molecule has 1 aromatic heterocycles. The van der Waals surface area contributed by atoms with E-state index >= 15 is 0 Å². The monoisotopic (exact) mass is 219 g/mol. The fourth-order valence-electron chi connectivity index (χ4n) is 1.15. The van der Waals surface area contributed by atoms with E-state index in [4.69, 9.17) is 10.5 Å². The Hall–Kier alpha value is -2.44. The molecule has 7 nitrogen and oxygen atoms in total. The quantitative estimate of drug-likeness (QED) is 0.749. The minimum absolute atomic E-state index is 0.154. The predicted octanol–water partition coefficient (Wildman–Crippen LogP) is -0.474. The number of rotatable bonds is 4. The highest BCUT2D eigenvalue weighted by atomic mass is 16.5. The standard InChI is InChI=1S/C9H9N5O2/c10-9(15)5-16-8-3-1-2-7(4-8)14-6-11-12-13-14/h1-4,6H,5H2,(H2,10,15).